The highest BCUT2D eigenvalue weighted by Gasteiger charge is 2.13. The molecular weight excluding hydrogens is 239 g/mol. The first-order chi connectivity index (χ1) is 7.73. The van der Waals surface area contributed by atoms with Gasteiger partial charge >= 0.3 is 0 Å². The summed E-state index contributed by atoms with van der Waals surface area (Å²) in [5.74, 6) is 1.22. The predicted octanol–water partition coefficient (Wildman–Crippen LogP) is 4.85. The summed E-state index contributed by atoms with van der Waals surface area (Å²) < 4.78 is 0. The minimum atomic E-state index is 0.603. The van der Waals surface area contributed by atoms with Gasteiger partial charge in [0.2, 0.25) is 0 Å². The van der Waals surface area contributed by atoms with Crippen molar-refractivity contribution in [2.24, 2.45) is 0 Å². The van der Waals surface area contributed by atoms with Crippen molar-refractivity contribution in [1.82, 2.24) is 0 Å². The van der Waals surface area contributed by atoms with Crippen LogP contribution in [0.2, 0.25) is 0 Å². The van der Waals surface area contributed by atoms with Gasteiger partial charge in [0.05, 0.1) is 0 Å². The number of halogens is 2. The van der Waals surface area contributed by atoms with Gasteiger partial charge in [-0.3, -0.25) is 0 Å². The normalized spacial score (nSPS) is 10.8. The second kappa shape index (κ2) is 6.51. The van der Waals surface area contributed by atoms with E-state index < -0.39 is 0 Å². The van der Waals surface area contributed by atoms with Crippen molar-refractivity contribution in [3.05, 3.63) is 33.9 Å². The molecule has 0 spiro atoms. The molecule has 90 valence electrons. The van der Waals surface area contributed by atoms with Crippen molar-refractivity contribution in [3.63, 3.8) is 0 Å². The van der Waals surface area contributed by atoms with Crippen LogP contribution < -0.4 is 0 Å². The fourth-order valence-electron chi connectivity index (χ4n) is 2.42. The van der Waals surface area contributed by atoms with Crippen molar-refractivity contribution in [2.75, 3.05) is 0 Å². The molecular formula is C14H20Cl2. The number of benzene rings is 1. The lowest BCUT2D eigenvalue weighted by atomic mass is 9.89. The maximum absolute atomic E-state index is 6.09. The largest absolute Gasteiger partial charge is 0.122 e. The van der Waals surface area contributed by atoms with E-state index in [1.165, 1.54) is 27.8 Å². The molecule has 2 heteroatoms. The van der Waals surface area contributed by atoms with Crippen molar-refractivity contribution in [3.8, 4) is 0 Å². The molecule has 0 aromatic heterocycles. The molecule has 0 saturated heterocycles. The van der Waals surface area contributed by atoms with E-state index in [0.717, 1.165) is 19.3 Å². The lowest BCUT2D eigenvalue weighted by Crippen LogP contribution is -2.05. The number of rotatable bonds is 5. The third kappa shape index (κ3) is 2.55. The first-order valence-corrected chi connectivity index (χ1v) is 7.07. The predicted molar refractivity (Wildman–Crippen MR) is 73.7 cm³/mol. The Balaban J connectivity index is 3.47. The fraction of sp³-hybridized carbons (Fsp3) is 0.571. The summed E-state index contributed by atoms with van der Waals surface area (Å²) >= 11 is 12.1. The molecule has 0 radical (unpaired) electrons. The van der Waals surface area contributed by atoms with Crippen LogP contribution in [0.15, 0.2) is 6.07 Å². The monoisotopic (exact) mass is 258 g/mol. The molecule has 0 bridgehead atoms. The SMILES string of the molecule is CCc1cc(CCl)c(CC)c(CC)c1CCl. The van der Waals surface area contributed by atoms with Crippen molar-refractivity contribution >= 4 is 23.2 Å². The summed E-state index contributed by atoms with van der Waals surface area (Å²) in [4.78, 5) is 0. The minimum absolute atomic E-state index is 0.603. The molecule has 1 aromatic carbocycles. The average Bonchev–Trinajstić information content (AvgIpc) is 2.35. The van der Waals surface area contributed by atoms with Gasteiger partial charge in [0.1, 0.15) is 0 Å². The van der Waals surface area contributed by atoms with Crippen LogP contribution in [0, 0.1) is 0 Å². The Labute approximate surface area is 109 Å². The molecule has 0 saturated carbocycles. The highest BCUT2D eigenvalue weighted by atomic mass is 35.5. The summed E-state index contributed by atoms with van der Waals surface area (Å²) in [7, 11) is 0. The van der Waals surface area contributed by atoms with E-state index in [2.05, 4.69) is 26.8 Å². The molecule has 0 heterocycles. The van der Waals surface area contributed by atoms with E-state index in [9.17, 15) is 0 Å². The zero-order valence-corrected chi connectivity index (χ0v) is 11.9. The average molecular weight is 259 g/mol. The number of hydrogen-bond donors (Lipinski definition) is 0. The van der Waals surface area contributed by atoms with Gasteiger partial charge in [-0.25, -0.2) is 0 Å². The third-order valence-corrected chi connectivity index (χ3v) is 3.77. The molecule has 0 atom stereocenters. The zero-order valence-electron chi connectivity index (χ0n) is 10.4. The Kier molecular flexibility index (Phi) is 5.64. The number of alkyl halides is 2. The van der Waals surface area contributed by atoms with Crippen LogP contribution in [0.25, 0.3) is 0 Å². The summed E-state index contributed by atoms with van der Waals surface area (Å²) in [6.07, 6.45) is 3.12. The van der Waals surface area contributed by atoms with Crippen molar-refractivity contribution in [2.45, 2.75) is 51.8 Å². The second-order valence-electron chi connectivity index (χ2n) is 3.96. The topological polar surface area (TPSA) is 0 Å². The molecule has 0 nitrogen and oxygen atoms in total. The van der Waals surface area contributed by atoms with E-state index in [0.29, 0.717) is 11.8 Å². The first-order valence-electron chi connectivity index (χ1n) is 6.00. The summed E-state index contributed by atoms with van der Waals surface area (Å²) in [6.45, 7) is 6.56. The lowest BCUT2D eigenvalue weighted by Gasteiger charge is -2.18. The molecule has 1 aromatic rings. The lowest BCUT2D eigenvalue weighted by molar-refractivity contribution is 0.960. The van der Waals surface area contributed by atoms with Gasteiger partial charge < -0.3 is 0 Å². The van der Waals surface area contributed by atoms with Crippen molar-refractivity contribution < 1.29 is 0 Å². The van der Waals surface area contributed by atoms with Crippen LogP contribution >= 0.6 is 23.2 Å². The standard InChI is InChI=1S/C14H20Cl2/c1-4-10-7-11(8-15)12(5-2)13(6-3)14(10)9-16/h7H,4-6,8-9H2,1-3H3. The fourth-order valence-corrected chi connectivity index (χ4v) is 2.99. The zero-order chi connectivity index (χ0) is 12.1. The van der Waals surface area contributed by atoms with E-state index >= 15 is 0 Å². The summed E-state index contributed by atoms with van der Waals surface area (Å²) in [5, 5.41) is 0. The molecule has 0 amide bonds. The molecule has 0 aliphatic rings. The van der Waals surface area contributed by atoms with E-state index in [4.69, 9.17) is 23.2 Å². The smallest absolute Gasteiger partial charge is 0.0479 e. The van der Waals surface area contributed by atoms with Crippen LogP contribution in [0.1, 0.15) is 48.6 Å². The van der Waals surface area contributed by atoms with E-state index in [1.807, 2.05) is 0 Å². The highest BCUT2D eigenvalue weighted by Crippen LogP contribution is 2.27. The van der Waals surface area contributed by atoms with Crippen LogP contribution in [-0.2, 0) is 31.0 Å². The van der Waals surface area contributed by atoms with Gasteiger partial charge in [-0.15, -0.1) is 23.2 Å². The molecule has 0 N–H and O–H groups in total. The highest BCUT2D eigenvalue weighted by molar-refractivity contribution is 6.17. The first kappa shape index (κ1) is 13.9. The maximum atomic E-state index is 6.09. The van der Waals surface area contributed by atoms with Crippen molar-refractivity contribution in [1.29, 1.82) is 0 Å². The van der Waals surface area contributed by atoms with E-state index in [1.54, 1.807) is 0 Å². The van der Waals surface area contributed by atoms with Crippen LogP contribution in [0.4, 0.5) is 0 Å². The summed E-state index contributed by atoms with van der Waals surface area (Å²) in [6, 6.07) is 2.24. The Hall–Kier alpha value is -0.200. The molecule has 1 rings (SSSR count). The van der Waals surface area contributed by atoms with Crippen LogP contribution in [0.3, 0.4) is 0 Å². The molecule has 0 aliphatic heterocycles. The van der Waals surface area contributed by atoms with Gasteiger partial charge in [-0.2, -0.15) is 0 Å². The van der Waals surface area contributed by atoms with Gasteiger partial charge in [0.15, 0.2) is 0 Å². The Morgan fingerprint density at radius 3 is 1.75 bits per heavy atom. The Bertz CT molecular complexity index is 326. The minimum Gasteiger partial charge on any atom is -0.122 e. The second-order valence-corrected chi connectivity index (χ2v) is 4.49. The molecule has 16 heavy (non-hydrogen) atoms. The molecule has 0 unspecified atom stereocenters. The van der Waals surface area contributed by atoms with Gasteiger partial charge in [0, 0.05) is 11.8 Å². The number of hydrogen-bond acceptors (Lipinski definition) is 0. The van der Waals surface area contributed by atoms with Crippen LogP contribution in [0.5, 0.6) is 0 Å². The molecule has 0 fully saturated rings. The van der Waals surface area contributed by atoms with Crippen LogP contribution in [-0.4, -0.2) is 0 Å². The quantitative estimate of drug-likeness (QED) is 0.663. The van der Waals surface area contributed by atoms with Gasteiger partial charge in [-0.05, 0) is 47.1 Å². The van der Waals surface area contributed by atoms with Gasteiger partial charge in [0.25, 0.3) is 0 Å². The van der Waals surface area contributed by atoms with E-state index in [-0.39, 0.29) is 0 Å². The molecule has 0 aliphatic carbocycles. The third-order valence-electron chi connectivity index (χ3n) is 3.22. The summed E-state index contributed by atoms with van der Waals surface area (Å²) in [5.41, 5.74) is 6.81. The number of aryl methyl sites for hydroxylation is 1. The Morgan fingerprint density at radius 2 is 1.38 bits per heavy atom. The Morgan fingerprint density at radius 1 is 0.750 bits per heavy atom. The maximum Gasteiger partial charge on any atom is 0.0479 e. The van der Waals surface area contributed by atoms with Gasteiger partial charge in [-0.1, -0.05) is 26.8 Å².